The first-order valence-corrected chi connectivity index (χ1v) is 6.74. The molecule has 1 aromatic rings. The van der Waals surface area contributed by atoms with Crippen LogP contribution in [0, 0.1) is 6.92 Å². The van der Waals surface area contributed by atoms with Crippen LogP contribution < -0.4 is 4.74 Å². The zero-order valence-corrected chi connectivity index (χ0v) is 12.7. The second-order valence-corrected chi connectivity index (χ2v) is 4.91. The lowest BCUT2D eigenvalue weighted by atomic mass is 10.1. The molecule has 0 atom stereocenters. The first-order valence-electron chi connectivity index (χ1n) is 6.74. The number of ether oxygens (including phenoxy) is 1. The summed E-state index contributed by atoms with van der Waals surface area (Å²) in [4.78, 5) is 24.9. The summed E-state index contributed by atoms with van der Waals surface area (Å²) in [5, 5.41) is 9.14. The standard InChI is InChI=1S/C16H21NO4/c1-5-17(9-11(2)3)14(18)10-21-15-12(4)7-6-8-13(15)16(19)20/h6-8H,2,5,9-10H2,1,3-4H3,(H,19,20). The second kappa shape index (κ2) is 7.47. The van der Waals surface area contributed by atoms with Crippen LogP contribution in [0.25, 0.3) is 0 Å². The number of aryl methyl sites for hydroxylation is 1. The van der Waals surface area contributed by atoms with E-state index in [-0.39, 0.29) is 23.8 Å². The molecule has 0 aliphatic heterocycles. The zero-order valence-electron chi connectivity index (χ0n) is 12.7. The van der Waals surface area contributed by atoms with Crippen molar-refractivity contribution in [2.45, 2.75) is 20.8 Å². The summed E-state index contributed by atoms with van der Waals surface area (Å²) in [6.45, 7) is 10.1. The molecule has 1 rings (SSSR count). The Labute approximate surface area is 124 Å². The third-order valence-electron chi connectivity index (χ3n) is 2.98. The van der Waals surface area contributed by atoms with Crippen LogP contribution in [0.15, 0.2) is 30.4 Å². The Morgan fingerprint density at radius 1 is 1.38 bits per heavy atom. The van der Waals surface area contributed by atoms with E-state index < -0.39 is 5.97 Å². The summed E-state index contributed by atoms with van der Waals surface area (Å²) in [5.41, 5.74) is 1.63. The second-order valence-electron chi connectivity index (χ2n) is 4.91. The summed E-state index contributed by atoms with van der Waals surface area (Å²) in [7, 11) is 0. The number of carbonyl (C=O) groups excluding carboxylic acids is 1. The van der Waals surface area contributed by atoms with E-state index in [1.807, 2.05) is 13.8 Å². The molecule has 114 valence electrons. The van der Waals surface area contributed by atoms with Gasteiger partial charge in [-0.25, -0.2) is 4.79 Å². The van der Waals surface area contributed by atoms with E-state index in [1.54, 1.807) is 24.0 Å². The molecular weight excluding hydrogens is 270 g/mol. The summed E-state index contributed by atoms with van der Waals surface area (Å²) in [6, 6.07) is 4.85. The number of nitrogens with zero attached hydrogens (tertiary/aromatic N) is 1. The summed E-state index contributed by atoms with van der Waals surface area (Å²) in [6.07, 6.45) is 0. The summed E-state index contributed by atoms with van der Waals surface area (Å²) >= 11 is 0. The molecule has 0 aliphatic carbocycles. The molecule has 1 N–H and O–H groups in total. The predicted molar refractivity (Wildman–Crippen MR) is 80.7 cm³/mol. The Morgan fingerprint density at radius 3 is 2.57 bits per heavy atom. The van der Waals surface area contributed by atoms with Crippen molar-refractivity contribution >= 4 is 11.9 Å². The maximum Gasteiger partial charge on any atom is 0.339 e. The first-order chi connectivity index (χ1) is 9.86. The van der Waals surface area contributed by atoms with Crippen LogP contribution in [-0.2, 0) is 4.79 Å². The van der Waals surface area contributed by atoms with Crippen molar-refractivity contribution in [2.75, 3.05) is 19.7 Å². The molecule has 0 saturated carbocycles. The molecule has 0 fully saturated rings. The van der Waals surface area contributed by atoms with E-state index in [1.165, 1.54) is 6.07 Å². The average Bonchev–Trinajstić information content (AvgIpc) is 2.42. The molecule has 5 nitrogen and oxygen atoms in total. The van der Waals surface area contributed by atoms with E-state index in [0.717, 1.165) is 5.57 Å². The van der Waals surface area contributed by atoms with Gasteiger partial charge in [0.2, 0.25) is 0 Å². The molecule has 0 heterocycles. The molecule has 1 amide bonds. The molecule has 0 aromatic heterocycles. The fourth-order valence-corrected chi connectivity index (χ4v) is 1.94. The van der Waals surface area contributed by atoms with E-state index in [9.17, 15) is 9.59 Å². The van der Waals surface area contributed by atoms with Crippen molar-refractivity contribution in [3.05, 3.63) is 41.5 Å². The lowest BCUT2D eigenvalue weighted by Gasteiger charge is -2.21. The number of likely N-dealkylation sites (N-methyl/N-ethyl adjacent to an activating group) is 1. The minimum atomic E-state index is -1.07. The van der Waals surface area contributed by atoms with Gasteiger partial charge in [0.1, 0.15) is 11.3 Å². The zero-order chi connectivity index (χ0) is 16.0. The Kier molecular flexibility index (Phi) is 5.96. The fourth-order valence-electron chi connectivity index (χ4n) is 1.94. The smallest absolute Gasteiger partial charge is 0.339 e. The van der Waals surface area contributed by atoms with Crippen molar-refractivity contribution in [2.24, 2.45) is 0 Å². The van der Waals surface area contributed by atoms with Crippen LogP contribution in [0.2, 0.25) is 0 Å². The number of aromatic carboxylic acids is 1. The van der Waals surface area contributed by atoms with E-state index in [4.69, 9.17) is 9.84 Å². The number of carboxylic acids is 1. The van der Waals surface area contributed by atoms with Crippen molar-refractivity contribution in [1.82, 2.24) is 4.90 Å². The molecule has 0 spiro atoms. The highest BCUT2D eigenvalue weighted by atomic mass is 16.5. The molecule has 0 saturated heterocycles. The van der Waals surface area contributed by atoms with Gasteiger partial charge in [0.25, 0.3) is 5.91 Å². The van der Waals surface area contributed by atoms with Gasteiger partial charge in [0, 0.05) is 13.1 Å². The van der Waals surface area contributed by atoms with Gasteiger partial charge in [-0.15, -0.1) is 0 Å². The molecule has 0 unspecified atom stereocenters. The Morgan fingerprint density at radius 2 is 2.05 bits per heavy atom. The predicted octanol–water partition coefficient (Wildman–Crippen LogP) is 2.50. The fraction of sp³-hybridized carbons (Fsp3) is 0.375. The number of carboxylic acid groups (broad SMARTS) is 1. The normalized spacial score (nSPS) is 10.0. The molecular formula is C16H21NO4. The third kappa shape index (κ3) is 4.63. The van der Waals surface area contributed by atoms with Gasteiger partial charge < -0.3 is 14.7 Å². The molecule has 0 aliphatic rings. The van der Waals surface area contributed by atoms with Gasteiger partial charge in [0.05, 0.1) is 0 Å². The molecule has 0 bridgehead atoms. The Hall–Kier alpha value is -2.30. The number of rotatable bonds is 7. The number of para-hydroxylation sites is 1. The van der Waals surface area contributed by atoms with Gasteiger partial charge >= 0.3 is 5.97 Å². The number of amides is 1. The van der Waals surface area contributed by atoms with E-state index in [2.05, 4.69) is 6.58 Å². The van der Waals surface area contributed by atoms with Crippen LogP contribution in [0.1, 0.15) is 29.8 Å². The van der Waals surface area contributed by atoms with Crippen molar-refractivity contribution in [3.8, 4) is 5.75 Å². The SMILES string of the molecule is C=C(C)CN(CC)C(=O)COc1c(C)cccc1C(=O)O. The summed E-state index contributed by atoms with van der Waals surface area (Å²) < 4.78 is 5.45. The molecule has 21 heavy (non-hydrogen) atoms. The molecule has 1 aromatic carbocycles. The maximum atomic E-state index is 12.1. The van der Waals surface area contributed by atoms with Gasteiger partial charge in [-0.05, 0) is 32.4 Å². The van der Waals surface area contributed by atoms with Gasteiger partial charge in [-0.3, -0.25) is 4.79 Å². The molecule has 0 radical (unpaired) electrons. The third-order valence-corrected chi connectivity index (χ3v) is 2.98. The lowest BCUT2D eigenvalue weighted by Crippen LogP contribution is -2.36. The average molecular weight is 291 g/mol. The Balaban J connectivity index is 2.81. The van der Waals surface area contributed by atoms with E-state index >= 15 is 0 Å². The molecule has 5 heteroatoms. The van der Waals surface area contributed by atoms with Crippen LogP contribution in [-0.4, -0.2) is 41.6 Å². The van der Waals surface area contributed by atoms with Crippen LogP contribution in [0.5, 0.6) is 5.75 Å². The van der Waals surface area contributed by atoms with Gasteiger partial charge in [0.15, 0.2) is 6.61 Å². The quantitative estimate of drug-likeness (QED) is 0.784. The van der Waals surface area contributed by atoms with Crippen LogP contribution in [0.4, 0.5) is 0 Å². The minimum absolute atomic E-state index is 0.0609. The number of benzene rings is 1. The van der Waals surface area contributed by atoms with Crippen molar-refractivity contribution in [1.29, 1.82) is 0 Å². The van der Waals surface area contributed by atoms with Crippen molar-refractivity contribution < 1.29 is 19.4 Å². The number of hydrogen-bond donors (Lipinski definition) is 1. The van der Waals surface area contributed by atoms with Crippen molar-refractivity contribution in [3.63, 3.8) is 0 Å². The largest absolute Gasteiger partial charge is 0.483 e. The van der Waals surface area contributed by atoms with E-state index in [0.29, 0.717) is 18.7 Å². The highest BCUT2D eigenvalue weighted by molar-refractivity contribution is 5.91. The minimum Gasteiger partial charge on any atom is -0.483 e. The van der Waals surface area contributed by atoms with Gasteiger partial charge in [-0.2, -0.15) is 0 Å². The van der Waals surface area contributed by atoms with Crippen LogP contribution >= 0.6 is 0 Å². The Bertz CT molecular complexity index is 551. The highest BCUT2D eigenvalue weighted by Crippen LogP contribution is 2.23. The first kappa shape index (κ1) is 16.8. The monoisotopic (exact) mass is 291 g/mol. The maximum absolute atomic E-state index is 12.1. The summed E-state index contributed by atoms with van der Waals surface area (Å²) in [5.74, 6) is -1.03. The topological polar surface area (TPSA) is 66.8 Å². The lowest BCUT2D eigenvalue weighted by molar-refractivity contribution is -0.132. The number of hydrogen-bond acceptors (Lipinski definition) is 3. The van der Waals surface area contributed by atoms with Gasteiger partial charge in [-0.1, -0.05) is 24.3 Å². The van der Waals surface area contributed by atoms with Crippen LogP contribution in [0.3, 0.4) is 0 Å². The highest BCUT2D eigenvalue weighted by Gasteiger charge is 2.17. The number of carbonyl (C=O) groups is 2.